The van der Waals surface area contributed by atoms with E-state index in [4.69, 9.17) is 16.3 Å². The third kappa shape index (κ3) is 3.43. The molecule has 0 spiro atoms. The van der Waals surface area contributed by atoms with E-state index in [0.717, 1.165) is 0 Å². The molecule has 0 aliphatic carbocycles. The number of anilines is 1. The van der Waals surface area contributed by atoms with Crippen molar-refractivity contribution in [2.24, 2.45) is 5.92 Å². The number of hydrogen-bond acceptors (Lipinski definition) is 3. The van der Waals surface area contributed by atoms with E-state index < -0.39 is 0 Å². The summed E-state index contributed by atoms with van der Waals surface area (Å²) < 4.78 is 5.91. The third-order valence-electron chi connectivity index (χ3n) is 3.11. The molecule has 1 aliphatic heterocycles. The van der Waals surface area contributed by atoms with E-state index in [1.54, 1.807) is 12.1 Å². The van der Waals surface area contributed by atoms with Crippen LogP contribution in [0.15, 0.2) is 16.6 Å². The summed E-state index contributed by atoms with van der Waals surface area (Å²) in [6, 6.07) is 3.32. The van der Waals surface area contributed by atoms with Gasteiger partial charge in [-0.25, -0.2) is 0 Å². The van der Waals surface area contributed by atoms with Gasteiger partial charge in [-0.05, 0) is 34.5 Å². The van der Waals surface area contributed by atoms with Gasteiger partial charge in [-0.1, -0.05) is 11.6 Å². The van der Waals surface area contributed by atoms with Gasteiger partial charge in [-0.15, -0.1) is 0 Å². The number of benzene rings is 1. The first kappa shape index (κ1) is 15.1. The van der Waals surface area contributed by atoms with Gasteiger partial charge in [0, 0.05) is 18.0 Å². The van der Waals surface area contributed by atoms with Crippen molar-refractivity contribution in [3.05, 3.63) is 21.6 Å². The van der Waals surface area contributed by atoms with Crippen LogP contribution in [-0.4, -0.2) is 25.5 Å². The number of carbonyl (C=O) groups is 2. The molecule has 0 aromatic heterocycles. The summed E-state index contributed by atoms with van der Waals surface area (Å²) in [6.45, 7) is 0.356. The fourth-order valence-corrected chi connectivity index (χ4v) is 3.02. The predicted octanol–water partition coefficient (Wildman–Crippen LogP) is 2.58. The Kier molecular flexibility index (Phi) is 4.88. The van der Waals surface area contributed by atoms with Crippen LogP contribution in [0.3, 0.4) is 0 Å². The zero-order chi connectivity index (χ0) is 14.7. The summed E-state index contributed by atoms with van der Waals surface area (Å²) in [5.74, 6) is 0.104. The Morgan fingerprint density at radius 3 is 2.90 bits per heavy atom. The molecular formula is C13H14BrClN2O3. The molecule has 1 aromatic carbocycles. The monoisotopic (exact) mass is 360 g/mol. The van der Waals surface area contributed by atoms with Crippen molar-refractivity contribution < 1.29 is 14.3 Å². The summed E-state index contributed by atoms with van der Waals surface area (Å²) in [6.07, 6.45) is 0.913. The second-order valence-corrected chi connectivity index (χ2v) is 5.79. The summed E-state index contributed by atoms with van der Waals surface area (Å²) in [5.41, 5.74) is 0.508. The van der Waals surface area contributed by atoms with E-state index >= 15 is 0 Å². The zero-order valence-corrected chi connectivity index (χ0v) is 13.2. The first-order chi connectivity index (χ1) is 9.51. The van der Waals surface area contributed by atoms with Crippen LogP contribution in [-0.2, 0) is 9.59 Å². The van der Waals surface area contributed by atoms with Gasteiger partial charge in [0.2, 0.25) is 11.8 Å². The molecule has 1 heterocycles. The largest absolute Gasteiger partial charge is 0.493 e. The molecule has 7 heteroatoms. The van der Waals surface area contributed by atoms with Crippen LogP contribution in [0.4, 0.5) is 5.69 Å². The number of amides is 2. The number of hydrogen-bond donors (Lipinski definition) is 2. The second-order valence-electron chi connectivity index (χ2n) is 4.50. The van der Waals surface area contributed by atoms with Crippen molar-refractivity contribution in [2.45, 2.75) is 12.8 Å². The van der Waals surface area contributed by atoms with Crippen LogP contribution >= 0.6 is 27.5 Å². The minimum atomic E-state index is -0.241. The lowest BCUT2D eigenvalue weighted by Gasteiger charge is -2.22. The third-order valence-corrected chi connectivity index (χ3v) is 3.91. The number of carbonyl (C=O) groups excluding carboxylic acids is 2. The molecule has 1 fully saturated rings. The van der Waals surface area contributed by atoms with Gasteiger partial charge >= 0.3 is 0 Å². The zero-order valence-electron chi connectivity index (χ0n) is 10.8. The fourth-order valence-electron chi connectivity index (χ4n) is 2.05. The van der Waals surface area contributed by atoms with Crippen LogP contribution < -0.4 is 15.4 Å². The number of piperidine rings is 1. The molecule has 0 bridgehead atoms. The molecule has 2 amide bonds. The van der Waals surface area contributed by atoms with Gasteiger partial charge < -0.3 is 15.4 Å². The predicted molar refractivity (Wildman–Crippen MR) is 80.1 cm³/mol. The van der Waals surface area contributed by atoms with Gasteiger partial charge in [-0.3, -0.25) is 9.59 Å². The van der Waals surface area contributed by atoms with Gasteiger partial charge in [-0.2, -0.15) is 0 Å². The molecular weight excluding hydrogens is 348 g/mol. The Morgan fingerprint density at radius 1 is 1.55 bits per heavy atom. The van der Waals surface area contributed by atoms with E-state index in [0.29, 0.717) is 40.3 Å². The SMILES string of the molecule is COc1c(Br)cc(Cl)cc1NC(=O)C1CCC(=O)NC1. The molecule has 5 nitrogen and oxygen atoms in total. The van der Waals surface area contributed by atoms with Crippen molar-refractivity contribution in [2.75, 3.05) is 19.0 Å². The van der Waals surface area contributed by atoms with E-state index in [-0.39, 0.29) is 17.7 Å². The highest BCUT2D eigenvalue weighted by Gasteiger charge is 2.25. The Labute approximate surface area is 130 Å². The Balaban J connectivity index is 2.13. The van der Waals surface area contributed by atoms with Crippen LogP contribution in [0, 0.1) is 5.92 Å². The number of halogens is 2. The maximum Gasteiger partial charge on any atom is 0.229 e. The highest BCUT2D eigenvalue weighted by Crippen LogP contribution is 2.36. The smallest absolute Gasteiger partial charge is 0.229 e. The first-order valence-corrected chi connectivity index (χ1v) is 7.29. The Morgan fingerprint density at radius 2 is 2.30 bits per heavy atom. The quantitative estimate of drug-likeness (QED) is 0.869. The molecule has 1 aromatic rings. The molecule has 20 heavy (non-hydrogen) atoms. The molecule has 1 aliphatic rings. The van der Waals surface area contributed by atoms with E-state index in [2.05, 4.69) is 26.6 Å². The van der Waals surface area contributed by atoms with Crippen molar-refractivity contribution in [1.82, 2.24) is 5.32 Å². The standard InChI is InChI=1S/C13H14BrClN2O3/c1-20-12-9(14)4-8(15)5-10(12)17-13(19)7-2-3-11(18)16-6-7/h4-5,7H,2-3,6H2,1H3,(H,16,18)(H,17,19). The van der Waals surface area contributed by atoms with Crippen molar-refractivity contribution in [1.29, 1.82) is 0 Å². The lowest BCUT2D eigenvalue weighted by molar-refractivity contribution is -0.126. The highest BCUT2D eigenvalue weighted by molar-refractivity contribution is 9.10. The number of rotatable bonds is 3. The van der Waals surface area contributed by atoms with Gasteiger partial charge in [0.25, 0.3) is 0 Å². The number of methoxy groups -OCH3 is 1. The average Bonchev–Trinajstić information content (AvgIpc) is 2.39. The van der Waals surface area contributed by atoms with E-state index in [9.17, 15) is 9.59 Å². The lowest BCUT2D eigenvalue weighted by Crippen LogP contribution is -2.40. The molecule has 1 saturated heterocycles. The number of ether oxygens (including phenoxy) is 1. The van der Waals surface area contributed by atoms with Crippen LogP contribution in [0.1, 0.15) is 12.8 Å². The first-order valence-electron chi connectivity index (χ1n) is 6.12. The molecule has 1 unspecified atom stereocenters. The summed E-state index contributed by atoms with van der Waals surface area (Å²) in [4.78, 5) is 23.3. The van der Waals surface area contributed by atoms with Gasteiger partial charge in [0.1, 0.15) is 0 Å². The highest BCUT2D eigenvalue weighted by atomic mass is 79.9. The van der Waals surface area contributed by atoms with E-state index in [1.807, 2.05) is 0 Å². The minimum absolute atomic E-state index is 0.0165. The van der Waals surface area contributed by atoms with Crippen LogP contribution in [0.5, 0.6) is 5.75 Å². The number of nitrogens with one attached hydrogen (secondary N) is 2. The Hall–Kier alpha value is -1.27. The molecule has 108 valence electrons. The van der Waals surface area contributed by atoms with Crippen molar-refractivity contribution in [3.8, 4) is 5.75 Å². The average molecular weight is 362 g/mol. The lowest BCUT2D eigenvalue weighted by atomic mass is 9.98. The van der Waals surface area contributed by atoms with Crippen LogP contribution in [0.25, 0.3) is 0 Å². The maximum absolute atomic E-state index is 12.2. The second kappa shape index (κ2) is 6.45. The van der Waals surface area contributed by atoms with Crippen LogP contribution in [0.2, 0.25) is 5.02 Å². The summed E-state index contributed by atoms with van der Waals surface area (Å²) in [7, 11) is 1.52. The van der Waals surface area contributed by atoms with Crippen molar-refractivity contribution >= 4 is 45.0 Å². The minimum Gasteiger partial charge on any atom is -0.493 e. The molecule has 0 radical (unpaired) electrons. The fraction of sp³-hybridized carbons (Fsp3) is 0.385. The molecule has 1 atom stereocenters. The molecule has 2 rings (SSSR count). The maximum atomic E-state index is 12.2. The molecule has 2 N–H and O–H groups in total. The topological polar surface area (TPSA) is 67.4 Å². The Bertz CT molecular complexity index is 541. The summed E-state index contributed by atoms with van der Waals surface area (Å²) in [5, 5.41) is 5.97. The molecule has 0 saturated carbocycles. The van der Waals surface area contributed by atoms with Gasteiger partial charge in [0.05, 0.1) is 23.2 Å². The van der Waals surface area contributed by atoms with Gasteiger partial charge in [0.15, 0.2) is 5.75 Å². The normalized spacial score (nSPS) is 18.4. The van der Waals surface area contributed by atoms with E-state index in [1.165, 1.54) is 7.11 Å². The summed E-state index contributed by atoms with van der Waals surface area (Å²) >= 11 is 9.31. The van der Waals surface area contributed by atoms with Crippen molar-refractivity contribution in [3.63, 3.8) is 0 Å².